The Bertz CT molecular complexity index is 657. The highest BCUT2D eigenvalue weighted by Gasteiger charge is 2.07. The molecule has 0 aliphatic carbocycles. The van der Waals surface area contributed by atoms with Crippen molar-refractivity contribution < 1.29 is 4.79 Å². The number of rotatable bonds is 3. The second kappa shape index (κ2) is 6.11. The van der Waals surface area contributed by atoms with E-state index in [-0.39, 0.29) is 5.91 Å². The van der Waals surface area contributed by atoms with Gasteiger partial charge < -0.3 is 5.32 Å². The van der Waals surface area contributed by atoms with Crippen LogP contribution >= 0.6 is 23.2 Å². The van der Waals surface area contributed by atoms with Crippen LogP contribution in [0.2, 0.25) is 10.0 Å². The fourth-order valence-corrected chi connectivity index (χ4v) is 2.15. The molecule has 0 saturated heterocycles. The van der Waals surface area contributed by atoms with Crippen molar-refractivity contribution in [1.29, 1.82) is 0 Å². The van der Waals surface area contributed by atoms with Crippen molar-refractivity contribution in [3.05, 3.63) is 51.1 Å². The number of H-pyrrole nitrogens is 1. The Morgan fingerprint density at radius 2 is 1.90 bits per heavy atom. The highest BCUT2D eigenvalue weighted by Crippen LogP contribution is 2.20. The van der Waals surface area contributed by atoms with Gasteiger partial charge in [0.15, 0.2) is 5.82 Å². The minimum Gasteiger partial charge on any atom is -0.305 e. The molecule has 2 N–H and O–H groups in total. The number of nitrogens with one attached hydrogen (secondary N) is 2. The fourth-order valence-electron chi connectivity index (χ4n) is 1.61. The quantitative estimate of drug-likeness (QED) is 0.842. The number of hydrogen-bond donors (Lipinski definition) is 2. The normalized spacial score (nSPS) is 11.0. The Balaban J connectivity index is 2.07. The molecule has 2 aromatic rings. The molecule has 1 aromatic carbocycles. The summed E-state index contributed by atoms with van der Waals surface area (Å²) in [6.07, 6.45) is 3.05. The maximum absolute atomic E-state index is 11.8. The molecule has 1 aromatic heterocycles. The molecule has 104 valence electrons. The molecule has 0 bridgehead atoms. The fraction of sp³-hybridized carbons (Fsp3) is 0.143. The van der Waals surface area contributed by atoms with Crippen LogP contribution in [0.4, 0.5) is 5.82 Å². The highest BCUT2D eigenvalue weighted by atomic mass is 35.5. The summed E-state index contributed by atoms with van der Waals surface area (Å²) in [6.45, 7) is 3.77. The van der Waals surface area contributed by atoms with Crippen LogP contribution < -0.4 is 5.32 Å². The number of carbonyl (C=O) groups excluding carboxylic acids is 1. The molecule has 20 heavy (non-hydrogen) atoms. The average molecular weight is 310 g/mol. The van der Waals surface area contributed by atoms with Gasteiger partial charge in [-0.3, -0.25) is 9.89 Å². The van der Waals surface area contributed by atoms with Crippen molar-refractivity contribution in [2.45, 2.75) is 13.8 Å². The summed E-state index contributed by atoms with van der Waals surface area (Å²) in [5, 5.41) is 10.6. The van der Waals surface area contributed by atoms with Crippen LogP contribution in [0, 0.1) is 13.8 Å². The predicted octanol–water partition coefficient (Wildman–Crippen LogP) is 3.99. The Morgan fingerprint density at radius 1 is 1.25 bits per heavy atom. The Hall–Kier alpha value is -1.78. The summed E-state index contributed by atoms with van der Waals surface area (Å²) < 4.78 is 0. The first-order valence-electron chi connectivity index (χ1n) is 5.92. The molecule has 6 heteroatoms. The lowest BCUT2D eigenvalue weighted by Gasteiger charge is -2.00. The van der Waals surface area contributed by atoms with Gasteiger partial charge in [0.05, 0.1) is 0 Å². The van der Waals surface area contributed by atoms with E-state index in [4.69, 9.17) is 23.2 Å². The molecule has 0 spiro atoms. The van der Waals surface area contributed by atoms with E-state index in [1.54, 1.807) is 24.3 Å². The molecule has 0 fully saturated rings. The molecular formula is C14H13Cl2N3O. The van der Waals surface area contributed by atoms with Gasteiger partial charge in [0, 0.05) is 27.4 Å². The number of nitrogens with zero attached hydrogens (tertiary/aromatic N) is 1. The monoisotopic (exact) mass is 309 g/mol. The highest BCUT2D eigenvalue weighted by molar-refractivity contribution is 6.34. The molecule has 1 amide bonds. The van der Waals surface area contributed by atoms with Crippen molar-refractivity contribution in [1.82, 2.24) is 10.2 Å². The second-order valence-corrected chi connectivity index (χ2v) is 5.22. The molecule has 0 aliphatic heterocycles. The maximum atomic E-state index is 11.8. The third-order valence-corrected chi connectivity index (χ3v) is 3.24. The average Bonchev–Trinajstić information content (AvgIpc) is 2.67. The van der Waals surface area contributed by atoms with Gasteiger partial charge in [0.25, 0.3) is 0 Å². The number of aromatic amines is 1. The van der Waals surface area contributed by atoms with E-state index < -0.39 is 0 Å². The van der Waals surface area contributed by atoms with Gasteiger partial charge in [0.2, 0.25) is 5.91 Å². The lowest BCUT2D eigenvalue weighted by Crippen LogP contribution is -2.09. The largest absolute Gasteiger partial charge is 0.305 e. The van der Waals surface area contributed by atoms with Gasteiger partial charge in [-0.15, -0.1) is 0 Å². The van der Waals surface area contributed by atoms with Crippen LogP contribution in [0.15, 0.2) is 24.3 Å². The van der Waals surface area contributed by atoms with E-state index in [0.29, 0.717) is 15.9 Å². The molecule has 0 atom stereocenters. The summed E-state index contributed by atoms with van der Waals surface area (Å²) in [6, 6.07) is 5.08. The molecule has 0 saturated carbocycles. The van der Waals surface area contributed by atoms with E-state index in [1.165, 1.54) is 6.08 Å². The van der Waals surface area contributed by atoms with E-state index in [9.17, 15) is 4.79 Å². The number of benzene rings is 1. The minimum atomic E-state index is -0.268. The van der Waals surface area contributed by atoms with Gasteiger partial charge in [-0.2, -0.15) is 5.10 Å². The molecule has 0 aliphatic rings. The van der Waals surface area contributed by atoms with Crippen molar-refractivity contribution in [2.24, 2.45) is 0 Å². The zero-order chi connectivity index (χ0) is 14.7. The van der Waals surface area contributed by atoms with Crippen LogP contribution in [0.3, 0.4) is 0 Å². The Kier molecular flexibility index (Phi) is 4.47. The zero-order valence-corrected chi connectivity index (χ0v) is 12.5. The standard InChI is InChI=1S/C14H13Cl2N3O/c1-8-9(2)18-19-14(8)17-13(20)4-3-10-5-11(15)7-12(16)6-10/h3-7H,1-2H3,(H2,17,18,19,20)/b4-3+. The number of carbonyl (C=O) groups is 1. The summed E-state index contributed by atoms with van der Waals surface area (Å²) in [7, 11) is 0. The van der Waals surface area contributed by atoms with Gasteiger partial charge in [-0.1, -0.05) is 23.2 Å². The van der Waals surface area contributed by atoms with Gasteiger partial charge in [0.1, 0.15) is 0 Å². The molecule has 4 nitrogen and oxygen atoms in total. The zero-order valence-electron chi connectivity index (χ0n) is 11.0. The third kappa shape index (κ3) is 3.62. The minimum absolute atomic E-state index is 0.268. The predicted molar refractivity (Wildman–Crippen MR) is 82.2 cm³/mol. The Labute approximate surface area is 126 Å². The van der Waals surface area contributed by atoms with Gasteiger partial charge in [-0.25, -0.2) is 0 Å². The first-order chi connectivity index (χ1) is 9.45. The third-order valence-electron chi connectivity index (χ3n) is 2.81. The van der Waals surface area contributed by atoms with E-state index in [2.05, 4.69) is 15.5 Å². The lowest BCUT2D eigenvalue weighted by atomic mass is 10.2. The lowest BCUT2D eigenvalue weighted by molar-refractivity contribution is -0.111. The van der Waals surface area contributed by atoms with Gasteiger partial charge >= 0.3 is 0 Å². The van der Waals surface area contributed by atoms with Crippen LogP contribution in [0.1, 0.15) is 16.8 Å². The Morgan fingerprint density at radius 3 is 2.45 bits per heavy atom. The SMILES string of the molecule is Cc1[nH]nc(NC(=O)/C=C/c2cc(Cl)cc(Cl)c2)c1C. The first-order valence-corrected chi connectivity index (χ1v) is 6.68. The van der Waals surface area contributed by atoms with Crippen molar-refractivity contribution in [2.75, 3.05) is 5.32 Å². The van der Waals surface area contributed by atoms with Crippen LogP contribution in [0.5, 0.6) is 0 Å². The smallest absolute Gasteiger partial charge is 0.249 e. The number of halogens is 2. The number of hydrogen-bond acceptors (Lipinski definition) is 2. The summed E-state index contributed by atoms with van der Waals surface area (Å²) in [5.41, 5.74) is 2.59. The topological polar surface area (TPSA) is 57.8 Å². The number of amides is 1. The first kappa shape index (κ1) is 14.6. The number of aryl methyl sites for hydroxylation is 1. The van der Waals surface area contributed by atoms with Crippen LogP contribution in [0.25, 0.3) is 6.08 Å². The van der Waals surface area contributed by atoms with Crippen molar-refractivity contribution in [3.8, 4) is 0 Å². The van der Waals surface area contributed by atoms with E-state index in [0.717, 1.165) is 16.8 Å². The van der Waals surface area contributed by atoms with Crippen molar-refractivity contribution in [3.63, 3.8) is 0 Å². The number of anilines is 1. The van der Waals surface area contributed by atoms with E-state index >= 15 is 0 Å². The van der Waals surface area contributed by atoms with E-state index in [1.807, 2.05) is 13.8 Å². The molecule has 1 heterocycles. The maximum Gasteiger partial charge on any atom is 0.249 e. The second-order valence-electron chi connectivity index (χ2n) is 4.35. The van der Waals surface area contributed by atoms with Crippen LogP contribution in [-0.2, 0) is 4.79 Å². The van der Waals surface area contributed by atoms with Gasteiger partial charge in [-0.05, 0) is 43.7 Å². The van der Waals surface area contributed by atoms with Crippen LogP contribution in [-0.4, -0.2) is 16.1 Å². The summed E-state index contributed by atoms with van der Waals surface area (Å²) in [4.78, 5) is 11.8. The summed E-state index contributed by atoms with van der Waals surface area (Å²) in [5.74, 6) is 0.261. The molecule has 2 rings (SSSR count). The summed E-state index contributed by atoms with van der Waals surface area (Å²) >= 11 is 11.8. The molecular weight excluding hydrogens is 297 g/mol. The molecule has 0 radical (unpaired) electrons. The molecule has 0 unspecified atom stereocenters. The number of aromatic nitrogens is 2. The van der Waals surface area contributed by atoms with Crippen molar-refractivity contribution >= 4 is 41.0 Å².